The first-order valence-corrected chi connectivity index (χ1v) is 7.50. The SMILES string of the molecule is CCC1CCC(NC(=O)Nc2ccccc2C(=O)O)CC1. The van der Waals surface area contributed by atoms with Gasteiger partial charge >= 0.3 is 12.0 Å². The van der Waals surface area contributed by atoms with E-state index in [0.717, 1.165) is 31.6 Å². The van der Waals surface area contributed by atoms with Crippen molar-refractivity contribution in [3.8, 4) is 0 Å². The molecule has 0 atom stereocenters. The number of carboxylic acid groups (broad SMARTS) is 1. The summed E-state index contributed by atoms with van der Waals surface area (Å²) in [7, 11) is 0. The minimum atomic E-state index is -1.05. The zero-order valence-electron chi connectivity index (χ0n) is 12.3. The molecule has 1 aliphatic carbocycles. The van der Waals surface area contributed by atoms with Crippen molar-refractivity contribution in [1.29, 1.82) is 0 Å². The van der Waals surface area contributed by atoms with E-state index in [9.17, 15) is 9.59 Å². The summed E-state index contributed by atoms with van der Waals surface area (Å²) >= 11 is 0. The standard InChI is InChI=1S/C16H22N2O3/c1-2-11-7-9-12(10-8-11)17-16(21)18-14-6-4-3-5-13(14)15(19)20/h3-6,11-12H,2,7-10H2,1H3,(H,19,20)(H2,17,18,21). The molecule has 0 saturated heterocycles. The smallest absolute Gasteiger partial charge is 0.337 e. The predicted molar refractivity (Wildman–Crippen MR) is 81.6 cm³/mol. The van der Waals surface area contributed by atoms with Crippen molar-refractivity contribution in [2.75, 3.05) is 5.32 Å². The number of hydrogen-bond acceptors (Lipinski definition) is 2. The summed E-state index contributed by atoms with van der Waals surface area (Å²) < 4.78 is 0. The molecular weight excluding hydrogens is 268 g/mol. The maximum Gasteiger partial charge on any atom is 0.337 e. The van der Waals surface area contributed by atoms with Crippen molar-refractivity contribution in [2.45, 2.75) is 45.1 Å². The van der Waals surface area contributed by atoms with Gasteiger partial charge in [0.25, 0.3) is 0 Å². The molecular formula is C16H22N2O3. The highest BCUT2D eigenvalue weighted by molar-refractivity contribution is 5.99. The number of benzene rings is 1. The van der Waals surface area contributed by atoms with E-state index in [1.807, 2.05) is 0 Å². The quantitative estimate of drug-likeness (QED) is 0.794. The summed E-state index contributed by atoms with van der Waals surface area (Å²) in [6.45, 7) is 2.20. The summed E-state index contributed by atoms with van der Waals surface area (Å²) in [6, 6.07) is 6.27. The van der Waals surface area contributed by atoms with E-state index in [1.165, 1.54) is 12.5 Å². The van der Waals surface area contributed by atoms with E-state index in [-0.39, 0.29) is 17.6 Å². The third-order valence-electron chi connectivity index (χ3n) is 4.16. The highest BCUT2D eigenvalue weighted by atomic mass is 16.4. The van der Waals surface area contributed by atoms with Gasteiger partial charge in [-0.2, -0.15) is 0 Å². The molecule has 1 aromatic rings. The molecule has 0 radical (unpaired) electrons. The molecule has 5 nitrogen and oxygen atoms in total. The average Bonchev–Trinajstić information content (AvgIpc) is 2.48. The zero-order chi connectivity index (χ0) is 15.2. The van der Waals surface area contributed by atoms with Crippen LogP contribution in [0.4, 0.5) is 10.5 Å². The molecule has 0 spiro atoms. The summed E-state index contributed by atoms with van der Waals surface area (Å²) in [4.78, 5) is 23.1. The molecule has 0 bridgehead atoms. The van der Waals surface area contributed by atoms with Crippen LogP contribution in [0.3, 0.4) is 0 Å². The normalized spacial score (nSPS) is 21.6. The van der Waals surface area contributed by atoms with Crippen LogP contribution in [0.1, 0.15) is 49.4 Å². The molecule has 3 N–H and O–H groups in total. The Morgan fingerprint density at radius 2 is 1.86 bits per heavy atom. The summed E-state index contributed by atoms with van der Waals surface area (Å²) in [6.07, 6.45) is 5.48. The molecule has 0 aliphatic heterocycles. The first kappa shape index (κ1) is 15.4. The van der Waals surface area contributed by atoms with E-state index in [0.29, 0.717) is 5.69 Å². The van der Waals surface area contributed by atoms with Crippen molar-refractivity contribution in [3.63, 3.8) is 0 Å². The van der Waals surface area contributed by atoms with Crippen LogP contribution in [0, 0.1) is 5.92 Å². The van der Waals surface area contributed by atoms with Crippen LogP contribution in [0.25, 0.3) is 0 Å². The number of nitrogens with one attached hydrogen (secondary N) is 2. The number of anilines is 1. The molecule has 0 unspecified atom stereocenters. The lowest BCUT2D eigenvalue weighted by atomic mass is 9.85. The van der Waals surface area contributed by atoms with Crippen LogP contribution in [0.15, 0.2) is 24.3 Å². The van der Waals surface area contributed by atoms with Crippen LogP contribution >= 0.6 is 0 Å². The van der Waals surface area contributed by atoms with E-state index in [1.54, 1.807) is 18.2 Å². The lowest BCUT2D eigenvalue weighted by molar-refractivity contribution is 0.0698. The van der Waals surface area contributed by atoms with E-state index in [4.69, 9.17) is 5.11 Å². The number of carbonyl (C=O) groups is 2. The Morgan fingerprint density at radius 1 is 1.19 bits per heavy atom. The molecule has 1 aliphatic rings. The second kappa shape index (κ2) is 7.11. The first-order chi connectivity index (χ1) is 10.1. The van der Waals surface area contributed by atoms with E-state index in [2.05, 4.69) is 17.6 Å². The fourth-order valence-electron chi connectivity index (χ4n) is 2.84. The third-order valence-corrected chi connectivity index (χ3v) is 4.16. The van der Waals surface area contributed by atoms with E-state index < -0.39 is 5.97 Å². The molecule has 0 heterocycles. The van der Waals surface area contributed by atoms with Crippen molar-refractivity contribution in [3.05, 3.63) is 29.8 Å². The van der Waals surface area contributed by atoms with Crippen LogP contribution < -0.4 is 10.6 Å². The van der Waals surface area contributed by atoms with Gasteiger partial charge in [0.1, 0.15) is 0 Å². The third kappa shape index (κ3) is 4.21. The fourth-order valence-corrected chi connectivity index (χ4v) is 2.84. The van der Waals surface area contributed by atoms with Gasteiger partial charge in [-0.25, -0.2) is 9.59 Å². The number of para-hydroxylation sites is 1. The monoisotopic (exact) mass is 290 g/mol. The average molecular weight is 290 g/mol. The van der Waals surface area contributed by atoms with Crippen LogP contribution in [0.2, 0.25) is 0 Å². The molecule has 2 rings (SSSR count). The van der Waals surface area contributed by atoms with Gasteiger partial charge in [-0.1, -0.05) is 25.5 Å². The summed E-state index contributed by atoms with van der Waals surface area (Å²) in [5.74, 6) is -0.270. The number of rotatable bonds is 4. The Balaban J connectivity index is 1.89. The zero-order valence-corrected chi connectivity index (χ0v) is 12.3. The number of urea groups is 1. The highest BCUT2D eigenvalue weighted by Gasteiger charge is 2.21. The Bertz CT molecular complexity index is 508. The Hall–Kier alpha value is -2.04. The van der Waals surface area contributed by atoms with Gasteiger partial charge < -0.3 is 15.7 Å². The van der Waals surface area contributed by atoms with Gasteiger partial charge in [-0.05, 0) is 43.7 Å². The number of carboxylic acids is 1. The topological polar surface area (TPSA) is 78.4 Å². The van der Waals surface area contributed by atoms with E-state index >= 15 is 0 Å². The Kier molecular flexibility index (Phi) is 5.20. The molecule has 2 amide bonds. The second-order valence-corrected chi connectivity index (χ2v) is 5.58. The molecule has 1 fully saturated rings. The fraction of sp³-hybridized carbons (Fsp3) is 0.500. The van der Waals surface area contributed by atoms with Gasteiger partial charge in [0, 0.05) is 6.04 Å². The maximum atomic E-state index is 12.0. The predicted octanol–water partition coefficient (Wildman–Crippen LogP) is 3.48. The van der Waals surface area contributed by atoms with Gasteiger partial charge in [-0.3, -0.25) is 0 Å². The first-order valence-electron chi connectivity index (χ1n) is 7.50. The van der Waals surface area contributed by atoms with Crippen LogP contribution in [-0.2, 0) is 0 Å². The Morgan fingerprint density at radius 3 is 2.48 bits per heavy atom. The molecule has 0 aromatic heterocycles. The second-order valence-electron chi connectivity index (χ2n) is 5.58. The van der Waals surface area contributed by atoms with Crippen molar-refractivity contribution < 1.29 is 14.7 Å². The molecule has 1 aromatic carbocycles. The van der Waals surface area contributed by atoms with Crippen molar-refractivity contribution in [2.24, 2.45) is 5.92 Å². The lowest BCUT2D eigenvalue weighted by Crippen LogP contribution is -2.40. The number of hydrogen-bond donors (Lipinski definition) is 3. The number of aromatic carboxylic acids is 1. The molecule has 5 heteroatoms. The summed E-state index contributed by atoms with van der Waals surface area (Å²) in [5, 5.41) is 14.7. The Labute approximate surface area is 124 Å². The highest BCUT2D eigenvalue weighted by Crippen LogP contribution is 2.26. The minimum Gasteiger partial charge on any atom is -0.478 e. The lowest BCUT2D eigenvalue weighted by Gasteiger charge is -2.28. The van der Waals surface area contributed by atoms with Gasteiger partial charge in [-0.15, -0.1) is 0 Å². The van der Waals surface area contributed by atoms with Crippen LogP contribution in [-0.4, -0.2) is 23.1 Å². The molecule has 21 heavy (non-hydrogen) atoms. The van der Waals surface area contributed by atoms with Crippen molar-refractivity contribution in [1.82, 2.24) is 5.32 Å². The number of carbonyl (C=O) groups excluding carboxylic acids is 1. The van der Waals surface area contributed by atoms with Crippen LogP contribution in [0.5, 0.6) is 0 Å². The van der Waals surface area contributed by atoms with Gasteiger partial charge in [0.05, 0.1) is 11.3 Å². The molecule has 114 valence electrons. The largest absolute Gasteiger partial charge is 0.478 e. The van der Waals surface area contributed by atoms with Gasteiger partial charge in [0.2, 0.25) is 0 Å². The minimum absolute atomic E-state index is 0.0994. The maximum absolute atomic E-state index is 12.0. The van der Waals surface area contributed by atoms with Gasteiger partial charge in [0.15, 0.2) is 0 Å². The molecule has 1 saturated carbocycles. The number of amides is 2. The summed E-state index contributed by atoms with van der Waals surface area (Å²) in [5.41, 5.74) is 0.423. The van der Waals surface area contributed by atoms with Crippen molar-refractivity contribution >= 4 is 17.7 Å².